The van der Waals surface area contributed by atoms with Crippen LogP contribution in [0.2, 0.25) is 0 Å². The lowest BCUT2D eigenvalue weighted by atomic mass is 9.91. The van der Waals surface area contributed by atoms with Gasteiger partial charge in [0.1, 0.15) is 0 Å². The predicted octanol–water partition coefficient (Wildman–Crippen LogP) is 2.98. The fourth-order valence-electron chi connectivity index (χ4n) is 3.08. The molecular weight excluding hydrogens is 238 g/mol. The summed E-state index contributed by atoms with van der Waals surface area (Å²) >= 11 is 0. The Kier molecular flexibility index (Phi) is 4.35. The van der Waals surface area contributed by atoms with Gasteiger partial charge in [-0.25, -0.2) is 0 Å². The lowest BCUT2D eigenvalue weighted by Gasteiger charge is -2.20. The normalized spacial score (nSPS) is 25.2. The summed E-state index contributed by atoms with van der Waals surface area (Å²) in [5, 5.41) is 3.51. The molecule has 2 rings (SSSR count). The molecule has 0 bridgehead atoms. The molecule has 2 atom stereocenters. The number of hydrogen-bond acceptors (Lipinski definition) is 3. The molecule has 1 aliphatic rings. The Morgan fingerprint density at radius 3 is 2.47 bits per heavy atom. The highest BCUT2D eigenvalue weighted by atomic mass is 16.5. The van der Waals surface area contributed by atoms with E-state index < -0.39 is 0 Å². The summed E-state index contributed by atoms with van der Waals surface area (Å²) in [7, 11) is 3.38. The van der Waals surface area contributed by atoms with Crippen molar-refractivity contribution in [2.75, 3.05) is 27.3 Å². The Balaban J connectivity index is 2.28. The summed E-state index contributed by atoms with van der Waals surface area (Å²) in [5.74, 6) is 2.42. The molecule has 0 spiro atoms. The van der Waals surface area contributed by atoms with E-state index in [-0.39, 0.29) is 0 Å². The Morgan fingerprint density at radius 1 is 1.21 bits per heavy atom. The van der Waals surface area contributed by atoms with Crippen molar-refractivity contribution in [1.82, 2.24) is 5.32 Å². The van der Waals surface area contributed by atoms with Crippen molar-refractivity contribution < 1.29 is 9.47 Å². The van der Waals surface area contributed by atoms with Crippen molar-refractivity contribution in [2.45, 2.75) is 32.1 Å². The van der Waals surface area contributed by atoms with Crippen LogP contribution in [0.4, 0.5) is 0 Å². The fourth-order valence-corrected chi connectivity index (χ4v) is 3.08. The van der Waals surface area contributed by atoms with E-state index >= 15 is 0 Å². The maximum absolute atomic E-state index is 5.43. The first kappa shape index (κ1) is 14.2. The summed E-state index contributed by atoms with van der Waals surface area (Å²) in [6, 6.07) is 6.35. The summed E-state index contributed by atoms with van der Waals surface area (Å²) < 4.78 is 10.7. The Bertz CT molecular complexity index is 433. The monoisotopic (exact) mass is 263 g/mol. The molecule has 19 heavy (non-hydrogen) atoms. The highest BCUT2D eigenvalue weighted by Gasteiger charge is 2.53. The van der Waals surface area contributed by atoms with Gasteiger partial charge in [0.05, 0.1) is 14.2 Å². The van der Waals surface area contributed by atoms with Crippen molar-refractivity contribution in [3.8, 4) is 11.5 Å². The second kappa shape index (κ2) is 5.83. The van der Waals surface area contributed by atoms with Crippen LogP contribution in [-0.4, -0.2) is 27.3 Å². The van der Waals surface area contributed by atoms with Gasteiger partial charge in [-0.1, -0.05) is 26.3 Å². The van der Waals surface area contributed by atoms with E-state index in [0.717, 1.165) is 30.5 Å². The van der Waals surface area contributed by atoms with Crippen LogP contribution < -0.4 is 14.8 Å². The van der Waals surface area contributed by atoms with Crippen LogP contribution in [0.3, 0.4) is 0 Å². The van der Waals surface area contributed by atoms with Crippen molar-refractivity contribution >= 4 is 0 Å². The van der Waals surface area contributed by atoms with E-state index in [4.69, 9.17) is 9.47 Å². The number of ether oxygens (including phenoxy) is 2. The minimum atomic E-state index is 0.296. The summed E-state index contributed by atoms with van der Waals surface area (Å²) in [4.78, 5) is 0. The van der Waals surface area contributed by atoms with E-state index in [9.17, 15) is 0 Å². The van der Waals surface area contributed by atoms with Crippen LogP contribution in [0.5, 0.6) is 11.5 Å². The van der Waals surface area contributed by atoms with E-state index in [1.54, 1.807) is 14.2 Å². The van der Waals surface area contributed by atoms with Crippen LogP contribution in [0.25, 0.3) is 0 Å². The van der Waals surface area contributed by atoms with Gasteiger partial charge in [-0.05, 0) is 36.6 Å². The van der Waals surface area contributed by atoms with Crippen molar-refractivity contribution in [3.63, 3.8) is 0 Å². The molecule has 1 aromatic carbocycles. The first-order valence-corrected chi connectivity index (χ1v) is 7.15. The van der Waals surface area contributed by atoms with Crippen LogP contribution in [0.1, 0.15) is 32.3 Å². The first-order chi connectivity index (χ1) is 9.21. The predicted molar refractivity (Wildman–Crippen MR) is 78.2 cm³/mol. The largest absolute Gasteiger partial charge is 0.493 e. The Labute approximate surface area is 116 Å². The minimum Gasteiger partial charge on any atom is -0.493 e. The molecule has 0 saturated heterocycles. The van der Waals surface area contributed by atoms with Crippen molar-refractivity contribution in [3.05, 3.63) is 23.8 Å². The zero-order chi connectivity index (χ0) is 13.9. The van der Waals surface area contributed by atoms with Gasteiger partial charge in [0, 0.05) is 12.0 Å². The Morgan fingerprint density at radius 2 is 1.95 bits per heavy atom. The number of benzene rings is 1. The highest BCUT2D eigenvalue weighted by molar-refractivity contribution is 5.47. The molecule has 1 N–H and O–H groups in total. The van der Waals surface area contributed by atoms with Crippen molar-refractivity contribution in [1.29, 1.82) is 0 Å². The van der Waals surface area contributed by atoms with Crippen LogP contribution >= 0.6 is 0 Å². The number of rotatable bonds is 7. The van der Waals surface area contributed by atoms with Gasteiger partial charge < -0.3 is 14.8 Å². The molecule has 0 aromatic heterocycles. The van der Waals surface area contributed by atoms with E-state index in [2.05, 4.69) is 31.3 Å². The third kappa shape index (κ3) is 2.57. The lowest BCUT2D eigenvalue weighted by molar-refractivity contribution is 0.353. The summed E-state index contributed by atoms with van der Waals surface area (Å²) in [5.41, 5.74) is 1.67. The molecule has 0 heterocycles. The molecule has 1 saturated carbocycles. The zero-order valence-corrected chi connectivity index (χ0v) is 12.5. The van der Waals surface area contributed by atoms with Gasteiger partial charge in [-0.15, -0.1) is 0 Å². The molecule has 0 radical (unpaired) electrons. The van der Waals surface area contributed by atoms with E-state index in [1.807, 2.05) is 6.07 Å². The van der Waals surface area contributed by atoms with Gasteiger partial charge in [0.2, 0.25) is 0 Å². The third-order valence-electron chi connectivity index (χ3n) is 4.37. The highest BCUT2D eigenvalue weighted by Crippen LogP contribution is 2.56. The van der Waals surface area contributed by atoms with Gasteiger partial charge in [0.25, 0.3) is 0 Å². The minimum absolute atomic E-state index is 0.296. The fraction of sp³-hybridized carbons (Fsp3) is 0.625. The molecule has 1 fully saturated rings. The molecule has 1 aromatic rings. The second-order valence-electron chi connectivity index (χ2n) is 5.32. The average molecular weight is 263 g/mol. The van der Waals surface area contributed by atoms with Gasteiger partial charge in [0.15, 0.2) is 11.5 Å². The first-order valence-electron chi connectivity index (χ1n) is 7.15. The SMILES string of the molecule is CCNCC1(c2ccc(OC)c(OC)c2)CC1CC. The van der Waals surface area contributed by atoms with E-state index in [0.29, 0.717) is 5.41 Å². The standard InChI is InChI=1S/C16H25NO2/c1-5-12-10-16(12,11-17-6-2)13-7-8-14(18-3)15(9-13)19-4/h7-9,12,17H,5-6,10-11H2,1-4H3. The maximum atomic E-state index is 5.43. The molecule has 1 aliphatic carbocycles. The molecule has 0 amide bonds. The third-order valence-corrected chi connectivity index (χ3v) is 4.37. The van der Waals surface area contributed by atoms with Crippen LogP contribution in [0, 0.1) is 5.92 Å². The Hall–Kier alpha value is -1.22. The van der Waals surface area contributed by atoms with Crippen LogP contribution in [-0.2, 0) is 5.41 Å². The molecule has 3 nitrogen and oxygen atoms in total. The smallest absolute Gasteiger partial charge is 0.161 e. The average Bonchev–Trinajstić information content (AvgIpc) is 3.19. The lowest BCUT2D eigenvalue weighted by Crippen LogP contribution is -2.28. The summed E-state index contributed by atoms with van der Waals surface area (Å²) in [6.07, 6.45) is 2.51. The second-order valence-corrected chi connectivity index (χ2v) is 5.32. The number of hydrogen-bond donors (Lipinski definition) is 1. The number of nitrogens with one attached hydrogen (secondary N) is 1. The maximum Gasteiger partial charge on any atom is 0.161 e. The summed E-state index contributed by atoms with van der Waals surface area (Å²) in [6.45, 7) is 6.51. The van der Waals surface area contributed by atoms with Crippen LogP contribution in [0.15, 0.2) is 18.2 Å². The molecule has 0 aliphatic heterocycles. The van der Waals surface area contributed by atoms with Gasteiger partial charge in [-0.2, -0.15) is 0 Å². The molecule has 106 valence electrons. The topological polar surface area (TPSA) is 30.5 Å². The quantitative estimate of drug-likeness (QED) is 0.820. The zero-order valence-electron chi connectivity index (χ0n) is 12.5. The van der Waals surface area contributed by atoms with E-state index in [1.165, 1.54) is 18.4 Å². The number of likely N-dealkylation sites (N-methyl/N-ethyl adjacent to an activating group) is 1. The molecular formula is C16H25NO2. The number of methoxy groups -OCH3 is 2. The van der Waals surface area contributed by atoms with Gasteiger partial charge in [-0.3, -0.25) is 0 Å². The van der Waals surface area contributed by atoms with Gasteiger partial charge >= 0.3 is 0 Å². The van der Waals surface area contributed by atoms with Crippen molar-refractivity contribution in [2.24, 2.45) is 5.92 Å². The molecule has 2 unspecified atom stereocenters. The molecule has 3 heteroatoms.